The zero-order valence-corrected chi connectivity index (χ0v) is 9.12. The van der Waals surface area contributed by atoms with Crippen LogP contribution < -0.4 is 5.32 Å². The van der Waals surface area contributed by atoms with E-state index >= 15 is 0 Å². The van der Waals surface area contributed by atoms with Crippen molar-refractivity contribution in [3.05, 3.63) is 11.8 Å². The van der Waals surface area contributed by atoms with E-state index in [0.29, 0.717) is 0 Å². The first kappa shape index (κ1) is 8.74. The molecule has 70 valence electrons. The molecular weight excluding hydrogens is 232 g/mol. The van der Waals surface area contributed by atoms with Gasteiger partial charge in [-0.05, 0) is 6.92 Å². The summed E-state index contributed by atoms with van der Waals surface area (Å²) in [6.45, 7) is 2.03. The minimum atomic E-state index is 0.170. The van der Waals surface area contributed by atoms with Gasteiger partial charge in [0, 0.05) is 25.0 Å². The summed E-state index contributed by atoms with van der Waals surface area (Å²) in [6.07, 6.45) is 4.03. The second-order valence-electron chi connectivity index (χ2n) is 3.05. The third kappa shape index (κ3) is 1.37. The Morgan fingerprint density at radius 1 is 1.69 bits per heavy atom. The highest BCUT2D eigenvalue weighted by molar-refractivity contribution is 9.10. The molecule has 2 unspecified atom stereocenters. The molecule has 5 heteroatoms. The van der Waals surface area contributed by atoms with Crippen LogP contribution in [0.2, 0.25) is 0 Å². The lowest BCUT2D eigenvalue weighted by Gasteiger charge is -2.31. The van der Waals surface area contributed by atoms with Crippen LogP contribution in [0.1, 0.15) is 6.92 Å². The average Bonchev–Trinajstić information content (AvgIpc) is 2.47. The summed E-state index contributed by atoms with van der Waals surface area (Å²) in [5.74, 6) is 0.902. The first-order valence-electron chi connectivity index (χ1n) is 4.11. The number of nitrogens with one attached hydrogen (secondary N) is 1. The Morgan fingerprint density at radius 2 is 2.46 bits per heavy atom. The van der Waals surface area contributed by atoms with Crippen molar-refractivity contribution in [2.45, 2.75) is 17.9 Å². The summed E-state index contributed by atoms with van der Waals surface area (Å²) < 4.78 is 0. The van der Waals surface area contributed by atoms with Crippen LogP contribution in [-0.4, -0.2) is 35.1 Å². The molecule has 0 bridgehead atoms. The quantitative estimate of drug-likeness (QED) is 0.642. The molecule has 2 rings (SSSR count). The van der Waals surface area contributed by atoms with E-state index in [4.69, 9.17) is 0 Å². The number of hydrogen-bond donors (Lipinski definition) is 1. The van der Waals surface area contributed by atoms with E-state index in [-0.39, 0.29) is 11.0 Å². The van der Waals surface area contributed by atoms with Crippen LogP contribution in [0.3, 0.4) is 0 Å². The zero-order valence-electron chi connectivity index (χ0n) is 7.53. The fraction of sp³-hybridized carbons (Fsp3) is 0.500. The van der Waals surface area contributed by atoms with Crippen molar-refractivity contribution in [2.24, 2.45) is 10.1 Å². The van der Waals surface area contributed by atoms with Gasteiger partial charge < -0.3 is 5.32 Å². The van der Waals surface area contributed by atoms with Gasteiger partial charge in [-0.15, -0.1) is 0 Å². The van der Waals surface area contributed by atoms with Crippen molar-refractivity contribution < 1.29 is 0 Å². The van der Waals surface area contributed by atoms with E-state index in [9.17, 15) is 0 Å². The van der Waals surface area contributed by atoms with Crippen LogP contribution in [0.4, 0.5) is 0 Å². The minimum Gasteiger partial charge on any atom is -0.366 e. The van der Waals surface area contributed by atoms with Gasteiger partial charge in [-0.3, -0.25) is 4.99 Å². The van der Waals surface area contributed by atoms with Crippen LogP contribution in [-0.2, 0) is 0 Å². The Labute approximate surface area is 85.5 Å². The Bertz CT molecular complexity index is 307. The SMILES string of the molecule is CN=C1C=C(C)NC2C(Br)C=NN12. The molecule has 0 aromatic heterocycles. The number of alkyl halides is 1. The van der Waals surface area contributed by atoms with Crippen molar-refractivity contribution in [1.29, 1.82) is 0 Å². The molecule has 0 saturated heterocycles. The van der Waals surface area contributed by atoms with Crippen LogP contribution in [0.15, 0.2) is 21.9 Å². The maximum atomic E-state index is 4.25. The van der Waals surface area contributed by atoms with Gasteiger partial charge in [-0.25, -0.2) is 5.01 Å². The van der Waals surface area contributed by atoms with Gasteiger partial charge in [-0.2, -0.15) is 5.10 Å². The molecule has 2 aliphatic heterocycles. The molecule has 2 atom stereocenters. The summed E-state index contributed by atoms with van der Waals surface area (Å²) in [6, 6.07) is 0. The molecule has 0 aliphatic carbocycles. The van der Waals surface area contributed by atoms with Gasteiger partial charge in [-0.1, -0.05) is 15.9 Å². The second kappa shape index (κ2) is 3.14. The lowest BCUT2D eigenvalue weighted by molar-refractivity contribution is 0.322. The summed E-state index contributed by atoms with van der Waals surface area (Å²) in [5, 5.41) is 9.46. The van der Waals surface area contributed by atoms with Crippen LogP contribution >= 0.6 is 15.9 Å². The number of nitrogens with zero attached hydrogens (tertiary/aromatic N) is 3. The molecule has 13 heavy (non-hydrogen) atoms. The van der Waals surface area contributed by atoms with Gasteiger partial charge in [0.15, 0.2) is 0 Å². The molecule has 1 N–H and O–H groups in total. The summed E-state index contributed by atoms with van der Waals surface area (Å²) in [4.78, 5) is 4.41. The molecule has 0 fully saturated rings. The molecule has 0 spiro atoms. The summed E-state index contributed by atoms with van der Waals surface area (Å²) >= 11 is 3.53. The number of rotatable bonds is 0. The van der Waals surface area contributed by atoms with Gasteiger partial charge in [0.05, 0.1) is 4.83 Å². The Hall–Kier alpha value is -0.840. The molecule has 2 aliphatic rings. The summed E-state index contributed by atoms with van der Waals surface area (Å²) in [5.41, 5.74) is 1.12. The van der Waals surface area contributed by atoms with Crippen molar-refractivity contribution >= 4 is 28.0 Å². The third-order valence-electron chi connectivity index (χ3n) is 2.08. The van der Waals surface area contributed by atoms with Crippen LogP contribution in [0.25, 0.3) is 0 Å². The molecule has 0 aromatic rings. The topological polar surface area (TPSA) is 40.0 Å². The molecular formula is C8H11BrN4. The van der Waals surface area contributed by atoms with E-state index in [0.717, 1.165) is 11.5 Å². The van der Waals surface area contributed by atoms with Gasteiger partial charge in [0.25, 0.3) is 0 Å². The first-order valence-corrected chi connectivity index (χ1v) is 5.03. The maximum Gasteiger partial charge on any atom is 0.147 e. The molecule has 4 nitrogen and oxygen atoms in total. The van der Waals surface area contributed by atoms with Gasteiger partial charge in [0.2, 0.25) is 0 Å². The van der Waals surface area contributed by atoms with Gasteiger partial charge >= 0.3 is 0 Å². The lowest BCUT2D eigenvalue weighted by atomic mass is 10.2. The van der Waals surface area contributed by atoms with Crippen LogP contribution in [0.5, 0.6) is 0 Å². The highest BCUT2D eigenvalue weighted by Gasteiger charge is 2.33. The predicted octanol–water partition coefficient (Wildman–Crippen LogP) is 0.913. The van der Waals surface area contributed by atoms with Crippen molar-refractivity contribution in [1.82, 2.24) is 10.3 Å². The first-order chi connectivity index (χ1) is 6.22. The number of halogens is 1. The van der Waals surface area contributed by atoms with Crippen molar-refractivity contribution in [3.8, 4) is 0 Å². The zero-order chi connectivity index (χ0) is 9.42. The normalized spacial score (nSPS) is 34.5. The number of allylic oxidation sites excluding steroid dienone is 1. The average molecular weight is 243 g/mol. The molecule has 0 saturated carbocycles. The molecule has 0 radical (unpaired) electrons. The molecule has 2 heterocycles. The molecule has 0 amide bonds. The van der Waals surface area contributed by atoms with E-state index < -0.39 is 0 Å². The third-order valence-corrected chi connectivity index (χ3v) is 2.82. The smallest absolute Gasteiger partial charge is 0.147 e. The Morgan fingerprint density at radius 3 is 3.15 bits per heavy atom. The fourth-order valence-electron chi connectivity index (χ4n) is 1.47. The number of aliphatic imine (C=N–C) groups is 1. The fourth-order valence-corrected chi connectivity index (χ4v) is 1.93. The standard InChI is InChI=1S/C8H11BrN4/c1-5-3-7(10-2)13-8(12-5)6(9)4-11-13/h3-4,6,8,12H,1-2H3. The minimum absolute atomic E-state index is 0.170. The van der Waals surface area contributed by atoms with Crippen LogP contribution in [0, 0.1) is 0 Å². The number of amidine groups is 1. The lowest BCUT2D eigenvalue weighted by Crippen LogP contribution is -2.49. The maximum absolute atomic E-state index is 4.25. The molecule has 0 aromatic carbocycles. The Balaban J connectivity index is 2.33. The van der Waals surface area contributed by atoms with Crippen molar-refractivity contribution in [2.75, 3.05) is 7.05 Å². The monoisotopic (exact) mass is 242 g/mol. The van der Waals surface area contributed by atoms with E-state index in [2.05, 4.69) is 31.3 Å². The number of hydrogen-bond acceptors (Lipinski definition) is 3. The largest absolute Gasteiger partial charge is 0.366 e. The summed E-state index contributed by atoms with van der Waals surface area (Å²) in [7, 11) is 1.78. The second-order valence-corrected chi connectivity index (χ2v) is 4.11. The number of hydrazone groups is 1. The Kier molecular flexibility index (Phi) is 2.11. The van der Waals surface area contributed by atoms with E-state index in [1.165, 1.54) is 0 Å². The van der Waals surface area contributed by atoms with E-state index in [1.807, 2.05) is 24.2 Å². The van der Waals surface area contributed by atoms with Gasteiger partial charge in [0.1, 0.15) is 12.0 Å². The number of fused-ring (bicyclic) bond motifs is 1. The highest BCUT2D eigenvalue weighted by atomic mass is 79.9. The predicted molar refractivity (Wildman–Crippen MR) is 57.1 cm³/mol. The van der Waals surface area contributed by atoms with E-state index in [1.54, 1.807) is 7.05 Å². The highest BCUT2D eigenvalue weighted by Crippen LogP contribution is 2.21. The van der Waals surface area contributed by atoms with Crippen molar-refractivity contribution in [3.63, 3.8) is 0 Å².